The summed E-state index contributed by atoms with van der Waals surface area (Å²) in [5.41, 5.74) is 5.64. The predicted molar refractivity (Wildman–Crippen MR) is 163 cm³/mol. The summed E-state index contributed by atoms with van der Waals surface area (Å²) in [6, 6.07) is 13.2. The van der Waals surface area contributed by atoms with E-state index in [1.54, 1.807) is 38.0 Å². The van der Waals surface area contributed by atoms with Gasteiger partial charge in [0.25, 0.3) is 11.8 Å². The number of aromatic nitrogens is 3. The largest absolute Gasteiger partial charge is 0.494 e. The molecule has 0 aliphatic rings. The van der Waals surface area contributed by atoms with Gasteiger partial charge in [-0.2, -0.15) is 0 Å². The number of aryl methyl sites for hydroxylation is 1. The van der Waals surface area contributed by atoms with E-state index in [9.17, 15) is 9.59 Å². The molecule has 4 aromatic rings. The molecule has 214 valence electrons. The van der Waals surface area contributed by atoms with Gasteiger partial charge in [-0.1, -0.05) is 53.7 Å². The average Bonchev–Trinajstić information content (AvgIpc) is 3.46. The quantitative estimate of drug-likeness (QED) is 0.270. The van der Waals surface area contributed by atoms with Crippen LogP contribution in [0.3, 0.4) is 0 Å². The number of anilines is 1. The first kappa shape index (κ1) is 29.5. The number of amides is 2. The second-order valence-electron chi connectivity index (χ2n) is 12.4. The van der Waals surface area contributed by atoms with E-state index in [1.807, 2.05) is 48.0 Å². The molecular weight excluding hydrogens is 514 g/mol. The Morgan fingerprint density at radius 3 is 2.27 bits per heavy atom. The van der Waals surface area contributed by atoms with E-state index in [1.165, 1.54) is 0 Å². The third-order valence-corrected chi connectivity index (χ3v) is 6.75. The number of hydrogen-bond donors (Lipinski definition) is 2. The molecule has 2 aromatic heterocycles. The molecule has 0 unspecified atom stereocenters. The van der Waals surface area contributed by atoms with E-state index in [-0.39, 0.29) is 22.6 Å². The maximum Gasteiger partial charge on any atom is 0.259 e. The van der Waals surface area contributed by atoms with Crippen molar-refractivity contribution >= 4 is 17.5 Å². The second kappa shape index (κ2) is 11.6. The number of ether oxygens (including phenoxy) is 1. The van der Waals surface area contributed by atoms with E-state index in [0.717, 1.165) is 28.1 Å². The van der Waals surface area contributed by atoms with E-state index < -0.39 is 0 Å². The number of imidazole rings is 1. The van der Waals surface area contributed by atoms with Crippen LogP contribution in [0.5, 0.6) is 5.75 Å². The Bertz CT molecular complexity index is 1540. The number of carbonyl (C=O) groups is 2. The van der Waals surface area contributed by atoms with Crippen molar-refractivity contribution in [1.82, 2.24) is 19.9 Å². The summed E-state index contributed by atoms with van der Waals surface area (Å²) in [4.78, 5) is 35.0. The van der Waals surface area contributed by atoms with Gasteiger partial charge in [-0.05, 0) is 59.2 Å². The average molecular weight is 554 g/mol. The predicted octanol–water partition coefficient (Wildman–Crippen LogP) is 6.58. The Hall–Kier alpha value is -4.46. The van der Waals surface area contributed by atoms with Gasteiger partial charge in [0.05, 0.1) is 36.6 Å². The highest BCUT2D eigenvalue weighted by molar-refractivity contribution is 6.07. The van der Waals surface area contributed by atoms with Gasteiger partial charge in [-0.3, -0.25) is 14.6 Å². The molecular formula is C33H39N5O3. The molecule has 0 aliphatic heterocycles. The number of nitrogens with one attached hydrogen (secondary N) is 2. The fourth-order valence-corrected chi connectivity index (χ4v) is 4.36. The molecule has 2 aromatic carbocycles. The highest BCUT2D eigenvalue weighted by Gasteiger charge is 2.24. The first-order valence-electron chi connectivity index (χ1n) is 13.6. The van der Waals surface area contributed by atoms with E-state index in [2.05, 4.69) is 62.1 Å². The van der Waals surface area contributed by atoms with Gasteiger partial charge >= 0.3 is 0 Å². The molecule has 0 fully saturated rings. The Morgan fingerprint density at radius 1 is 0.976 bits per heavy atom. The normalized spacial score (nSPS) is 11.7. The van der Waals surface area contributed by atoms with Gasteiger partial charge in [0.2, 0.25) is 0 Å². The number of carbonyl (C=O) groups excluding carboxylic acids is 2. The first-order valence-corrected chi connectivity index (χ1v) is 13.6. The molecule has 4 rings (SSSR count). The Balaban J connectivity index is 1.63. The summed E-state index contributed by atoms with van der Waals surface area (Å²) >= 11 is 0. The highest BCUT2D eigenvalue weighted by atomic mass is 16.5. The minimum absolute atomic E-state index is 0.00237. The van der Waals surface area contributed by atoms with Crippen molar-refractivity contribution < 1.29 is 14.3 Å². The minimum Gasteiger partial charge on any atom is -0.494 e. The van der Waals surface area contributed by atoms with E-state index in [4.69, 9.17) is 4.74 Å². The zero-order chi connectivity index (χ0) is 29.9. The fraction of sp³-hybridized carbons (Fsp3) is 0.333. The minimum atomic E-state index is -0.309. The van der Waals surface area contributed by atoms with Crippen molar-refractivity contribution in [1.29, 1.82) is 0 Å². The zero-order valence-electron chi connectivity index (χ0n) is 25.1. The molecule has 0 saturated carbocycles. The van der Waals surface area contributed by atoms with Crippen LogP contribution < -0.4 is 15.4 Å². The third kappa shape index (κ3) is 7.01. The molecule has 0 aliphatic carbocycles. The number of pyridine rings is 1. The zero-order valence-corrected chi connectivity index (χ0v) is 25.1. The van der Waals surface area contributed by atoms with Crippen molar-refractivity contribution in [3.05, 3.63) is 89.8 Å². The van der Waals surface area contributed by atoms with Crippen molar-refractivity contribution in [2.24, 2.45) is 5.41 Å². The summed E-state index contributed by atoms with van der Waals surface area (Å²) in [7, 11) is 1.56. The van der Waals surface area contributed by atoms with Crippen LogP contribution in [0.4, 0.5) is 5.69 Å². The topological polar surface area (TPSA) is 98.1 Å². The van der Waals surface area contributed by atoms with Crippen LogP contribution in [0.25, 0.3) is 16.8 Å². The number of hydrogen-bond acceptors (Lipinski definition) is 5. The third-order valence-electron chi connectivity index (χ3n) is 6.75. The van der Waals surface area contributed by atoms with Gasteiger partial charge in [-0.15, -0.1) is 0 Å². The Labute approximate surface area is 242 Å². The molecule has 2 heterocycles. The summed E-state index contributed by atoms with van der Waals surface area (Å²) in [6.07, 6.45) is 6.83. The lowest BCUT2D eigenvalue weighted by Gasteiger charge is -2.23. The molecule has 2 N–H and O–H groups in total. The van der Waals surface area contributed by atoms with E-state index >= 15 is 0 Å². The summed E-state index contributed by atoms with van der Waals surface area (Å²) in [5.74, 6) is 0.0368. The number of rotatable bonds is 7. The van der Waals surface area contributed by atoms with Gasteiger partial charge in [0.15, 0.2) is 5.75 Å². The molecule has 0 saturated heterocycles. The van der Waals surface area contributed by atoms with Crippen LogP contribution in [0.15, 0.2) is 67.4 Å². The number of benzene rings is 2. The van der Waals surface area contributed by atoms with E-state index in [0.29, 0.717) is 29.1 Å². The molecule has 41 heavy (non-hydrogen) atoms. The van der Waals surface area contributed by atoms with Crippen molar-refractivity contribution in [2.75, 3.05) is 19.0 Å². The number of methoxy groups -OCH3 is 1. The molecule has 2 amide bonds. The monoisotopic (exact) mass is 553 g/mol. The van der Waals surface area contributed by atoms with Crippen LogP contribution in [-0.2, 0) is 5.41 Å². The molecule has 8 heteroatoms. The Morgan fingerprint density at radius 2 is 1.68 bits per heavy atom. The van der Waals surface area contributed by atoms with Crippen molar-refractivity contribution in [2.45, 2.75) is 53.9 Å². The first-order chi connectivity index (χ1) is 19.3. The summed E-state index contributed by atoms with van der Waals surface area (Å²) in [5, 5.41) is 5.99. The van der Waals surface area contributed by atoms with Gasteiger partial charge in [0.1, 0.15) is 0 Å². The lowest BCUT2D eigenvalue weighted by atomic mass is 9.85. The Kier molecular flexibility index (Phi) is 8.33. The molecule has 0 radical (unpaired) electrons. The van der Waals surface area contributed by atoms with Gasteiger partial charge in [0, 0.05) is 35.8 Å². The van der Waals surface area contributed by atoms with Crippen LogP contribution >= 0.6 is 0 Å². The maximum atomic E-state index is 13.7. The molecule has 0 atom stereocenters. The van der Waals surface area contributed by atoms with Gasteiger partial charge in [-0.25, -0.2) is 4.98 Å². The SMILES string of the molecule is COc1c(C(=O)Nc2cnc(C)c(-c3ccc(C(=O)NCC(C)(C)C)cc3)c2)cc(C(C)(C)C)cc1-n1ccnc1. The lowest BCUT2D eigenvalue weighted by molar-refractivity contribution is 0.0938. The van der Waals surface area contributed by atoms with Crippen LogP contribution in [0.2, 0.25) is 0 Å². The van der Waals surface area contributed by atoms with Crippen LogP contribution in [0.1, 0.15) is 73.5 Å². The summed E-state index contributed by atoms with van der Waals surface area (Å²) in [6.45, 7) is 15.0. The van der Waals surface area contributed by atoms with Crippen LogP contribution in [0, 0.1) is 12.3 Å². The molecule has 8 nitrogen and oxygen atoms in total. The van der Waals surface area contributed by atoms with Gasteiger partial charge < -0.3 is 19.9 Å². The lowest BCUT2D eigenvalue weighted by Crippen LogP contribution is -2.32. The second-order valence-corrected chi connectivity index (χ2v) is 12.4. The fourth-order valence-electron chi connectivity index (χ4n) is 4.36. The molecule has 0 bridgehead atoms. The summed E-state index contributed by atoms with van der Waals surface area (Å²) < 4.78 is 7.58. The smallest absolute Gasteiger partial charge is 0.259 e. The maximum absolute atomic E-state index is 13.7. The van der Waals surface area contributed by atoms with Crippen molar-refractivity contribution in [3.8, 4) is 22.6 Å². The standard InChI is InChI=1S/C33H39N5O3/c1-21-26(22-9-11-23(12-10-22)30(39)36-19-32(2,3)4)17-25(18-35-21)37-31(40)27-15-24(33(5,6)7)16-28(29(27)41-8)38-14-13-34-20-38/h9-18,20H,19H2,1-8H3,(H,36,39)(H,37,40). The highest BCUT2D eigenvalue weighted by Crippen LogP contribution is 2.35. The van der Waals surface area contributed by atoms with Crippen molar-refractivity contribution in [3.63, 3.8) is 0 Å². The number of nitrogens with zero attached hydrogens (tertiary/aromatic N) is 3. The molecule has 0 spiro atoms. The van der Waals surface area contributed by atoms with Crippen LogP contribution in [-0.4, -0.2) is 40.0 Å².